The van der Waals surface area contributed by atoms with Gasteiger partial charge >= 0.3 is 0 Å². The molecule has 0 atom stereocenters. The van der Waals surface area contributed by atoms with Gasteiger partial charge in [-0.3, -0.25) is 0 Å². The lowest BCUT2D eigenvalue weighted by Crippen LogP contribution is -2.27. The van der Waals surface area contributed by atoms with Crippen molar-refractivity contribution in [3.05, 3.63) is 59.8 Å². The predicted octanol–water partition coefficient (Wildman–Crippen LogP) is 4.03. The van der Waals surface area contributed by atoms with Gasteiger partial charge in [0.15, 0.2) is 5.65 Å². The number of pyridine rings is 3. The molecular formula is C22H23N5. The van der Waals surface area contributed by atoms with Crippen LogP contribution in [0.5, 0.6) is 0 Å². The molecule has 1 aliphatic heterocycles. The van der Waals surface area contributed by atoms with Crippen molar-refractivity contribution in [3.8, 4) is 11.1 Å². The first-order chi connectivity index (χ1) is 13.2. The van der Waals surface area contributed by atoms with Crippen LogP contribution in [0.1, 0.15) is 35.7 Å². The van der Waals surface area contributed by atoms with E-state index in [4.69, 9.17) is 4.98 Å². The van der Waals surface area contributed by atoms with Crippen LogP contribution in [0.15, 0.2) is 42.9 Å². The standard InChI is InChI=1S/C22H23N5/c1-14-9-19(13-27-12-15(2)25-22(14)27)18-10-17-3-4-20(26-21(17)24-11-18)16-5-7-23-8-6-16/h3-4,9-13,16,23H,5-8H2,1-2H3. The Morgan fingerprint density at radius 3 is 2.70 bits per heavy atom. The second-order valence-corrected chi connectivity index (χ2v) is 7.56. The molecule has 4 aromatic heterocycles. The van der Waals surface area contributed by atoms with E-state index in [9.17, 15) is 0 Å². The summed E-state index contributed by atoms with van der Waals surface area (Å²) >= 11 is 0. The van der Waals surface area contributed by atoms with Crippen LogP contribution in [-0.4, -0.2) is 32.4 Å². The number of nitrogens with one attached hydrogen (secondary N) is 1. The van der Waals surface area contributed by atoms with E-state index >= 15 is 0 Å². The molecule has 5 heterocycles. The monoisotopic (exact) mass is 357 g/mol. The summed E-state index contributed by atoms with van der Waals surface area (Å²) < 4.78 is 2.10. The van der Waals surface area contributed by atoms with Crippen LogP contribution in [0.4, 0.5) is 0 Å². The Balaban J connectivity index is 1.54. The summed E-state index contributed by atoms with van der Waals surface area (Å²) in [4.78, 5) is 14.1. The normalized spacial score (nSPS) is 15.6. The third-order valence-corrected chi connectivity index (χ3v) is 5.51. The molecule has 5 heteroatoms. The molecule has 0 bridgehead atoms. The number of imidazole rings is 1. The van der Waals surface area contributed by atoms with E-state index in [0.717, 1.165) is 59.4 Å². The van der Waals surface area contributed by atoms with Gasteiger partial charge in [-0.1, -0.05) is 0 Å². The van der Waals surface area contributed by atoms with Crippen LogP contribution >= 0.6 is 0 Å². The highest BCUT2D eigenvalue weighted by atomic mass is 15.0. The summed E-state index contributed by atoms with van der Waals surface area (Å²) in [6, 6.07) is 8.72. The molecule has 0 aromatic carbocycles. The minimum Gasteiger partial charge on any atom is -0.317 e. The number of fused-ring (bicyclic) bond motifs is 2. The van der Waals surface area contributed by atoms with Crippen molar-refractivity contribution in [1.82, 2.24) is 24.7 Å². The average molecular weight is 357 g/mol. The molecule has 0 unspecified atom stereocenters. The number of aryl methyl sites for hydroxylation is 2. The van der Waals surface area contributed by atoms with Gasteiger partial charge in [-0.2, -0.15) is 0 Å². The van der Waals surface area contributed by atoms with Crippen LogP contribution in [0, 0.1) is 13.8 Å². The first-order valence-corrected chi connectivity index (χ1v) is 9.61. The lowest BCUT2D eigenvalue weighted by molar-refractivity contribution is 0.454. The minimum absolute atomic E-state index is 0.548. The molecule has 1 saturated heterocycles. The highest BCUT2D eigenvalue weighted by Crippen LogP contribution is 2.28. The fraction of sp³-hybridized carbons (Fsp3) is 0.318. The van der Waals surface area contributed by atoms with Gasteiger partial charge in [-0.15, -0.1) is 0 Å². The van der Waals surface area contributed by atoms with E-state index < -0.39 is 0 Å². The Morgan fingerprint density at radius 1 is 1.00 bits per heavy atom. The van der Waals surface area contributed by atoms with Crippen molar-refractivity contribution in [2.75, 3.05) is 13.1 Å². The van der Waals surface area contributed by atoms with Gasteiger partial charge in [0.05, 0.1) is 5.69 Å². The molecule has 0 spiro atoms. The maximum absolute atomic E-state index is 4.85. The fourth-order valence-corrected chi connectivity index (χ4v) is 4.08. The summed E-state index contributed by atoms with van der Waals surface area (Å²) in [5.41, 5.74) is 7.48. The zero-order chi connectivity index (χ0) is 18.4. The van der Waals surface area contributed by atoms with E-state index in [0.29, 0.717) is 5.92 Å². The van der Waals surface area contributed by atoms with Gasteiger partial charge in [-0.25, -0.2) is 15.0 Å². The van der Waals surface area contributed by atoms with Crippen molar-refractivity contribution < 1.29 is 0 Å². The smallest absolute Gasteiger partial charge is 0.159 e. The second kappa shape index (κ2) is 6.43. The number of hydrogen-bond donors (Lipinski definition) is 1. The number of hydrogen-bond acceptors (Lipinski definition) is 4. The molecule has 0 saturated carbocycles. The molecule has 0 amide bonds. The minimum atomic E-state index is 0.548. The van der Waals surface area contributed by atoms with Crippen molar-refractivity contribution in [1.29, 1.82) is 0 Å². The van der Waals surface area contributed by atoms with Crippen LogP contribution in [0.2, 0.25) is 0 Å². The molecule has 1 N–H and O–H groups in total. The molecular weight excluding hydrogens is 334 g/mol. The van der Waals surface area contributed by atoms with E-state index in [1.54, 1.807) is 0 Å². The number of piperidine rings is 1. The van der Waals surface area contributed by atoms with Crippen molar-refractivity contribution in [2.24, 2.45) is 0 Å². The largest absolute Gasteiger partial charge is 0.317 e. The quantitative estimate of drug-likeness (QED) is 0.588. The van der Waals surface area contributed by atoms with Gasteiger partial charge in [-0.05, 0) is 69.6 Å². The Labute approximate surface area is 158 Å². The predicted molar refractivity (Wildman–Crippen MR) is 108 cm³/mol. The number of aromatic nitrogens is 4. The fourth-order valence-electron chi connectivity index (χ4n) is 4.08. The van der Waals surface area contributed by atoms with E-state index in [1.807, 2.05) is 13.1 Å². The van der Waals surface area contributed by atoms with Crippen molar-refractivity contribution in [2.45, 2.75) is 32.6 Å². The number of rotatable bonds is 2. The molecule has 0 radical (unpaired) electrons. The molecule has 5 nitrogen and oxygen atoms in total. The molecule has 5 rings (SSSR count). The van der Waals surface area contributed by atoms with Gasteiger partial charge < -0.3 is 9.72 Å². The maximum Gasteiger partial charge on any atom is 0.159 e. The van der Waals surface area contributed by atoms with E-state index in [-0.39, 0.29) is 0 Å². The Bertz CT molecular complexity index is 1140. The van der Waals surface area contributed by atoms with Crippen LogP contribution < -0.4 is 5.32 Å². The van der Waals surface area contributed by atoms with Gasteiger partial charge in [0.2, 0.25) is 0 Å². The van der Waals surface area contributed by atoms with Crippen molar-refractivity contribution in [3.63, 3.8) is 0 Å². The van der Waals surface area contributed by atoms with Crippen LogP contribution in [0.3, 0.4) is 0 Å². The lowest BCUT2D eigenvalue weighted by atomic mass is 9.94. The zero-order valence-corrected chi connectivity index (χ0v) is 15.7. The van der Waals surface area contributed by atoms with Gasteiger partial charge in [0, 0.05) is 46.7 Å². The molecule has 1 fully saturated rings. The topological polar surface area (TPSA) is 55.1 Å². The lowest BCUT2D eigenvalue weighted by Gasteiger charge is -2.22. The van der Waals surface area contributed by atoms with Crippen LogP contribution in [0.25, 0.3) is 27.8 Å². The zero-order valence-electron chi connectivity index (χ0n) is 15.7. The first-order valence-electron chi connectivity index (χ1n) is 9.61. The summed E-state index contributed by atoms with van der Waals surface area (Å²) in [7, 11) is 0. The Kier molecular flexibility index (Phi) is 3.90. The van der Waals surface area contributed by atoms with Gasteiger partial charge in [0.25, 0.3) is 0 Å². The summed E-state index contributed by atoms with van der Waals surface area (Å²) in [6.45, 7) is 6.28. The van der Waals surface area contributed by atoms with E-state index in [1.165, 1.54) is 11.3 Å². The molecule has 136 valence electrons. The third-order valence-electron chi connectivity index (χ3n) is 5.51. The van der Waals surface area contributed by atoms with Gasteiger partial charge in [0.1, 0.15) is 5.65 Å². The molecule has 1 aliphatic rings. The first kappa shape index (κ1) is 16.4. The second-order valence-electron chi connectivity index (χ2n) is 7.56. The maximum atomic E-state index is 4.85. The summed E-state index contributed by atoms with van der Waals surface area (Å²) in [5, 5.41) is 4.50. The SMILES string of the molecule is Cc1cn2cc(-c3cnc4nc(C5CCNCC5)ccc4c3)cc(C)c2n1. The summed E-state index contributed by atoms with van der Waals surface area (Å²) in [6.07, 6.45) is 8.43. The highest BCUT2D eigenvalue weighted by molar-refractivity contribution is 5.81. The average Bonchev–Trinajstić information content (AvgIpc) is 3.09. The Hall–Kier alpha value is -2.79. The Morgan fingerprint density at radius 2 is 1.85 bits per heavy atom. The van der Waals surface area contributed by atoms with Crippen LogP contribution in [-0.2, 0) is 0 Å². The van der Waals surface area contributed by atoms with Crippen molar-refractivity contribution >= 4 is 16.7 Å². The third kappa shape index (κ3) is 2.98. The summed E-state index contributed by atoms with van der Waals surface area (Å²) in [5.74, 6) is 0.548. The number of nitrogens with zero attached hydrogens (tertiary/aromatic N) is 4. The molecule has 27 heavy (non-hydrogen) atoms. The van der Waals surface area contributed by atoms with E-state index in [2.05, 4.69) is 63.3 Å². The molecule has 4 aromatic rings. The molecule has 0 aliphatic carbocycles. The highest BCUT2D eigenvalue weighted by Gasteiger charge is 2.17.